The highest BCUT2D eigenvalue weighted by Gasteiger charge is 2.15. The van der Waals surface area contributed by atoms with E-state index in [1.54, 1.807) is 48.5 Å². The average Bonchev–Trinajstić information content (AvgIpc) is 2.83. The number of hydrogen-bond acceptors (Lipinski definition) is 8. The number of benzene rings is 2. The van der Waals surface area contributed by atoms with Gasteiger partial charge in [0.2, 0.25) is 5.88 Å². The van der Waals surface area contributed by atoms with Gasteiger partial charge in [0.05, 0.1) is 12.7 Å². The molecule has 0 fully saturated rings. The molecule has 4 rings (SSSR count). The van der Waals surface area contributed by atoms with E-state index in [0.29, 0.717) is 33.5 Å². The zero-order chi connectivity index (χ0) is 24.1. The van der Waals surface area contributed by atoms with Crippen molar-refractivity contribution in [2.24, 2.45) is 0 Å². The van der Waals surface area contributed by atoms with Crippen molar-refractivity contribution in [1.82, 2.24) is 4.98 Å². The van der Waals surface area contributed by atoms with E-state index in [9.17, 15) is 14.4 Å². The predicted molar refractivity (Wildman–Crippen MR) is 124 cm³/mol. The number of nitrogens with zero attached hydrogens (tertiary/aromatic N) is 1. The molecule has 10 heteroatoms. The van der Waals surface area contributed by atoms with Crippen LogP contribution in [0.15, 0.2) is 76.1 Å². The maximum atomic E-state index is 13.0. The molecule has 0 aliphatic heterocycles. The van der Waals surface area contributed by atoms with E-state index in [1.807, 2.05) is 0 Å². The Morgan fingerprint density at radius 1 is 1.06 bits per heavy atom. The fourth-order valence-corrected chi connectivity index (χ4v) is 3.23. The summed E-state index contributed by atoms with van der Waals surface area (Å²) in [6, 6.07) is 16.5. The number of methoxy groups -OCH3 is 1. The molecule has 0 aliphatic carbocycles. The normalized spacial score (nSPS) is 10.5. The quantitative estimate of drug-likeness (QED) is 0.274. The van der Waals surface area contributed by atoms with Gasteiger partial charge in [0.25, 0.3) is 5.91 Å². The van der Waals surface area contributed by atoms with E-state index in [4.69, 9.17) is 14.3 Å². The van der Waals surface area contributed by atoms with Crippen LogP contribution in [0.3, 0.4) is 0 Å². The van der Waals surface area contributed by atoms with Crippen LogP contribution in [-0.4, -0.2) is 29.3 Å². The Bertz CT molecular complexity index is 1430. The molecule has 0 aliphatic rings. The fraction of sp³-hybridized carbons (Fsp3) is 0.0833. The first-order chi connectivity index (χ1) is 16.4. The number of rotatable bonds is 7. The largest absolute Gasteiger partial charge is 0.512 e. The minimum Gasteiger partial charge on any atom is -0.497 e. The van der Waals surface area contributed by atoms with Gasteiger partial charge in [-0.1, -0.05) is 12.1 Å². The molecule has 1 amide bonds. The van der Waals surface area contributed by atoms with Gasteiger partial charge >= 0.3 is 11.8 Å². The summed E-state index contributed by atoms with van der Waals surface area (Å²) in [4.78, 5) is 39.9. The standard InChI is InChI=1S/C24H19N3O7/c1-32-16-7-6-15-11-19(23(29)33-20(15)12-16)27-22(28)17-4-2-3-5-18(17)26-13-14-8-9-25-21(10-14)34-24(30)31/h2-12,26H,13H2,1H3,(H,27,28)(H,30,31). The summed E-state index contributed by atoms with van der Waals surface area (Å²) in [5, 5.41) is 15.1. The first kappa shape index (κ1) is 22.3. The summed E-state index contributed by atoms with van der Waals surface area (Å²) in [7, 11) is 1.51. The zero-order valence-corrected chi connectivity index (χ0v) is 17.9. The zero-order valence-electron chi connectivity index (χ0n) is 17.9. The lowest BCUT2D eigenvalue weighted by molar-refractivity contribution is 0.102. The monoisotopic (exact) mass is 461 g/mol. The number of carbonyl (C=O) groups excluding carboxylic acids is 1. The van der Waals surface area contributed by atoms with Crippen molar-refractivity contribution >= 4 is 34.4 Å². The van der Waals surface area contributed by atoms with Gasteiger partial charge in [0.15, 0.2) is 0 Å². The van der Waals surface area contributed by atoms with E-state index >= 15 is 0 Å². The van der Waals surface area contributed by atoms with Gasteiger partial charge in [-0.2, -0.15) is 0 Å². The number of carbonyl (C=O) groups is 2. The van der Waals surface area contributed by atoms with Crippen LogP contribution < -0.4 is 25.7 Å². The second-order valence-electron chi connectivity index (χ2n) is 7.07. The van der Waals surface area contributed by atoms with E-state index < -0.39 is 17.7 Å². The molecule has 10 nitrogen and oxygen atoms in total. The number of hydrogen-bond donors (Lipinski definition) is 3. The molecular weight excluding hydrogens is 442 g/mol. The van der Waals surface area contributed by atoms with Crippen LogP contribution in [0.1, 0.15) is 15.9 Å². The smallest absolute Gasteiger partial charge is 0.497 e. The molecule has 2 aromatic carbocycles. The maximum absolute atomic E-state index is 13.0. The highest BCUT2D eigenvalue weighted by Crippen LogP contribution is 2.23. The third-order valence-corrected chi connectivity index (χ3v) is 4.84. The SMILES string of the molecule is COc1ccc2cc(NC(=O)c3ccccc3NCc3ccnc(OC(=O)O)c3)c(=O)oc2c1. The van der Waals surface area contributed by atoms with Crippen molar-refractivity contribution < 1.29 is 28.6 Å². The average molecular weight is 461 g/mol. The molecule has 34 heavy (non-hydrogen) atoms. The van der Waals surface area contributed by atoms with Crippen LogP contribution in [0.4, 0.5) is 16.2 Å². The molecule has 0 radical (unpaired) electrons. The van der Waals surface area contributed by atoms with Crippen molar-refractivity contribution in [3.63, 3.8) is 0 Å². The van der Waals surface area contributed by atoms with Crippen LogP contribution in [-0.2, 0) is 6.54 Å². The van der Waals surface area contributed by atoms with Crippen LogP contribution in [0.5, 0.6) is 11.6 Å². The van der Waals surface area contributed by atoms with Crippen LogP contribution in [0, 0.1) is 0 Å². The van der Waals surface area contributed by atoms with E-state index in [2.05, 4.69) is 20.4 Å². The van der Waals surface area contributed by atoms with E-state index in [1.165, 1.54) is 25.4 Å². The van der Waals surface area contributed by atoms with Crippen molar-refractivity contribution in [3.8, 4) is 11.6 Å². The Morgan fingerprint density at radius 2 is 1.88 bits per heavy atom. The summed E-state index contributed by atoms with van der Waals surface area (Å²) < 4.78 is 15.0. The van der Waals surface area contributed by atoms with E-state index in [0.717, 1.165) is 0 Å². The maximum Gasteiger partial charge on any atom is 0.512 e. The summed E-state index contributed by atoms with van der Waals surface area (Å²) in [5.41, 5.74) is 1.14. The molecule has 0 spiro atoms. The Balaban J connectivity index is 1.52. The molecule has 0 unspecified atom stereocenters. The summed E-state index contributed by atoms with van der Waals surface area (Å²) in [6.45, 7) is 0.267. The van der Waals surface area contributed by atoms with Gasteiger partial charge in [-0.05, 0) is 42.0 Å². The molecule has 0 saturated carbocycles. The van der Waals surface area contributed by atoms with Crippen molar-refractivity contribution in [3.05, 3.63) is 88.4 Å². The van der Waals surface area contributed by atoms with Gasteiger partial charge in [0, 0.05) is 35.9 Å². The lowest BCUT2D eigenvalue weighted by atomic mass is 10.1. The van der Waals surface area contributed by atoms with Crippen molar-refractivity contribution in [1.29, 1.82) is 0 Å². The first-order valence-electron chi connectivity index (χ1n) is 10.0. The Morgan fingerprint density at radius 3 is 2.68 bits per heavy atom. The predicted octanol–water partition coefficient (Wildman–Crippen LogP) is 4.12. The van der Waals surface area contributed by atoms with Gasteiger partial charge < -0.3 is 29.6 Å². The number of anilines is 2. The number of ether oxygens (including phenoxy) is 2. The number of para-hydroxylation sites is 1. The number of amides is 1. The summed E-state index contributed by atoms with van der Waals surface area (Å²) >= 11 is 0. The van der Waals surface area contributed by atoms with Crippen molar-refractivity contribution in [2.75, 3.05) is 17.7 Å². The minimum atomic E-state index is -1.46. The molecule has 0 atom stereocenters. The molecule has 4 aromatic rings. The molecule has 0 bridgehead atoms. The lowest BCUT2D eigenvalue weighted by Gasteiger charge is -2.12. The van der Waals surface area contributed by atoms with Gasteiger partial charge in [0.1, 0.15) is 17.0 Å². The second-order valence-corrected chi connectivity index (χ2v) is 7.07. The van der Waals surface area contributed by atoms with Crippen molar-refractivity contribution in [2.45, 2.75) is 6.54 Å². The molecular formula is C24H19N3O7. The van der Waals surface area contributed by atoms with Gasteiger partial charge in [-0.15, -0.1) is 0 Å². The third kappa shape index (κ3) is 5.13. The van der Waals surface area contributed by atoms with Crippen LogP contribution >= 0.6 is 0 Å². The second kappa shape index (κ2) is 9.74. The summed E-state index contributed by atoms with van der Waals surface area (Å²) in [5.74, 6) is -0.0188. The number of aromatic nitrogens is 1. The molecule has 2 heterocycles. The molecule has 2 aromatic heterocycles. The van der Waals surface area contributed by atoms with Crippen LogP contribution in [0.2, 0.25) is 0 Å². The number of nitrogens with one attached hydrogen (secondary N) is 2. The Hall–Kier alpha value is -4.86. The van der Waals surface area contributed by atoms with Gasteiger partial charge in [-0.25, -0.2) is 14.6 Å². The highest BCUT2D eigenvalue weighted by atomic mass is 16.7. The van der Waals surface area contributed by atoms with E-state index in [-0.39, 0.29) is 18.1 Å². The fourth-order valence-electron chi connectivity index (χ4n) is 3.23. The Labute approximate surface area is 192 Å². The number of fused-ring (bicyclic) bond motifs is 1. The topological polar surface area (TPSA) is 140 Å². The molecule has 0 saturated heterocycles. The summed E-state index contributed by atoms with van der Waals surface area (Å²) in [6.07, 6.45) is -0.0420. The first-order valence-corrected chi connectivity index (χ1v) is 10.0. The van der Waals surface area contributed by atoms with Crippen LogP contribution in [0.25, 0.3) is 11.0 Å². The molecule has 3 N–H and O–H groups in total. The number of pyridine rings is 1. The Kier molecular flexibility index (Phi) is 6.40. The lowest BCUT2D eigenvalue weighted by Crippen LogP contribution is -2.19. The van der Waals surface area contributed by atoms with Gasteiger partial charge in [-0.3, -0.25) is 4.79 Å². The molecule has 172 valence electrons. The third-order valence-electron chi connectivity index (χ3n) is 4.84. The number of carboxylic acid groups (broad SMARTS) is 1. The highest BCUT2D eigenvalue weighted by molar-refractivity contribution is 6.08. The minimum absolute atomic E-state index is 0.00191.